The number of nitrogens with one attached hydrogen (secondary N) is 1. The van der Waals surface area contributed by atoms with Crippen LogP contribution in [0.3, 0.4) is 0 Å². The molecule has 1 N–H and O–H groups in total. The molecular weight excluding hydrogens is 210 g/mol. The minimum absolute atomic E-state index is 0.137. The van der Waals surface area contributed by atoms with Crippen molar-refractivity contribution in [2.24, 2.45) is 5.92 Å². The molecule has 2 rings (SSSR count). The lowest BCUT2D eigenvalue weighted by molar-refractivity contribution is 0.0742. The third-order valence-electron chi connectivity index (χ3n) is 3.64. The largest absolute Gasteiger partial charge is 0.367 e. The third-order valence-corrected chi connectivity index (χ3v) is 3.64. The molecule has 2 aliphatic rings. The molecule has 3 atom stereocenters. The van der Waals surface area contributed by atoms with Crippen LogP contribution in [0, 0.1) is 5.92 Å². The Kier molecular flexibility index (Phi) is 4.57. The first-order valence-corrected chi connectivity index (χ1v) is 6.60. The molecule has 0 saturated heterocycles. The van der Waals surface area contributed by atoms with Gasteiger partial charge in [-0.2, -0.15) is 0 Å². The van der Waals surface area contributed by atoms with E-state index in [0.717, 1.165) is 12.8 Å². The predicted molar refractivity (Wildman–Crippen MR) is 71.7 cm³/mol. The van der Waals surface area contributed by atoms with Gasteiger partial charge in [0.05, 0.1) is 0 Å². The molecule has 0 aromatic rings. The van der Waals surface area contributed by atoms with Crippen molar-refractivity contribution in [1.29, 1.82) is 0 Å². The maximum Gasteiger partial charge on any atom is 0.105 e. The van der Waals surface area contributed by atoms with E-state index >= 15 is 0 Å². The van der Waals surface area contributed by atoms with Crippen molar-refractivity contribution in [2.45, 2.75) is 44.9 Å². The second-order valence-corrected chi connectivity index (χ2v) is 4.94. The summed E-state index contributed by atoms with van der Waals surface area (Å²) in [5, 5.41) is 3.53. The number of ether oxygens (including phenoxy) is 1. The molecule has 0 fully saturated rings. The van der Waals surface area contributed by atoms with E-state index in [1.807, 2.05) is 0 Å². The Bertz CT molecular complexity index is 330. The molecule has 94 valence electrons. The quantitative estimate of drug-likeness (QED) is 0.581. The van der Waals surface area contributed by atoms with Crippen molar-refractivity contribution in [3.05, 3.63) is 36.0 Å². The van der Waals surface area contributed by atoms with Crippen LogP contribution >= 0.6 is 0 Å². The number of rotatable bonds is 5. The van der Waals surface area contributed by atoms with Gasteiger partial charge < -0.3 is 4.74 Å². The second kappa shape index (κ2) is 6.18. The van der Waals surface area contributed by atoms with Gasteiger partial charge in [0.25, 0.3) is 0 Å². The standard InChI is InChI=1S/C15H23NO/c1-12(17-2)16-15-10-6-9-14(15)11-13-7-4-3-5-8-13/h4,6-9,12,14-16H,3,5,10-11H2,1-2H3/t12?,14?,15-/m1/s1. The smallest absolute Gasteiger partial charge is 0.105 e. The topological polar surface area (TPSA) is 21.3 Å². The molecule has 0 saturated carbocycles. The minimum atomic E-state index is 0.137. The first-order chi connectivity index (χ1) is 8.29. The van der Waals surface area contributed by atoms with Crippen molar-refractivity contribution in [1.82, 2.24) is 5.32 Å². The summed E-state index contributed by atoms with van der Waals surface area (Å²) < 4.78 is 5.28. The average molecular weight is 233 g/mol. The molecule has 2 nitrogen and oxygen atoms in total. The number of hydrogen-bond donors (Lipinski definition) is 1. The SMILES string of the molecule is COC(C)N[C@@H]1CC=CC1CC1=CCCC=C1. The van der Waals surface area contributed by atoms with Gasteiger partial charge in [0.15, 0.2) is 0 Å². The van der Waals surface area contributed by atoms with Gasteiger partial charge in [-0.15, -0.1) is 0 Å². The van der Waals surface area contributed by atoms with Gasteiger partial charge in [-0.1, -0.05) is 36.0 Å². The average Bonchev–Trinajstić information content (AvgIpc) is 2.78. The lowest BCUT2D eigenvalue weighted by Crippen LogP contribution is -2.40. The number of methoxy groups -OCH3 is 1. The van der Waals surface area contributed by atoms with Crippen LogP contribution in [0.4, 0.5) is 0 Å². The molecule has 0 heterocycles. The van der Waals surface area contributed by atoms with E-state index in [1.54, 1.807) is 7.11 Å². The molecule has 17 heavy (non-hydrogen) atoms. The molecule has 2 aliphatic carbocycles. The van der Waals surface area contributed by atoms with E-state index in [-0.39, 0.29) is 6.23 Å². The Labute approximate surface area is 104 Å². The van der Waals surface area contributed by atoms with E-state index < -0.39 is 0 Å². The van der Waals surface area contributed by atoms with Crippen molar-refractivity contribution in [3.63, 3.8) is 0 Å². The van der Waals surface area contributed by atoms with Crippen LogP contribution in [0.25, 0.3) is 0 Å². The van der Waals surface area contributed by atoms with Crippen molar-refractivity contribution < 1.29 is 4.74 Å². The van der Waals surface area contributed by atoms with E-state index in [9.17, 15) is 0 Å². The van der Waals surface area contributed by atoms with Gasteiger partial charge in [-0.05, 0) is 38.5 Å². The van der Waals surface area contributed by atoms with E-state index in [2.05, 4.69) is 42.6 Å². The van der Waals surface area contributed by atoms with Gasteiger partial charge in [0.1, 0.15) is 6.23 Å². The van der Waals surface area contributed by atoms with Crippen LogP contribution in [0.1, 0.15) is 32.6 Å². The summed E-state index contributed by atoms with van der Waals surface area (Å²) in [4.78, 5) is 0. The molecule has 0 amide bonds. The van der Waals surface area contributed by atoms with Crippen LogP contribution in [0.15, 0.2) is 36.0 Å². The fourth-order valence-electron chi connectivity index (χ4n) is 2.57. The Hall–Kier alpha value is -0.860. The first-order valence-electron chi connectivity index (χ1n) is 6.60. The van der Waals surface area contributed by atoms with Gasteiger partial charge in [0, 0.05) is 13.2 Å². The predicted octanol–water partition coefficient (Wildman–Crippen LogP) is 3.18. The maximum atomic E-state index is 5.28. The molecule has 0 radical (unpaired) electrons. The normalized spacial score (nSPS) is 29.4. The summed E-state index contributed by atoms with van der Waals surface area (Å²) in [5.41, 5.74) is 1.49. The molecule has 0 spiro atoms. The second-order valence-electron chi connectivity index (χ2n) is 4.94. The highest BCUT2D eigenvalue weighted by atomic mass is 16.5. The molecular formula is C15H23NO. The molecule has 0 aromatic carbocycles. The van der Waals surface area contributed by atoms with Crippen LogP contribution in [0.2, 0.25) is 0 Å². The van der Waals surface area contributed by atoms with Crippen molar-refractivity contribution in [2.75, 3.05) is 7.11 Å². The van der Waals surface area contributed by atoms with Gasteiger partial charge in [-0.25, -0.2) is 0 Å². The highest BCUT2D eigenvalue weighted by Crippen LogP contribution is 2.27. The molecule has 0 bridgehead atoms. The zero-order valence-corrected chi connectivity index (χ0v) is 10.9. The number of hydrogen-bond acceptors (Lipinski definition) is 2. The van der Waals surface area contributed by atoms with Crippen LogP contribution in [0.5, 0.6) is 0 Å². The third kappa shape index (κ3) is 3.55. The summed E-state index contributed by atoms with van der Waals surface area (Å²) in [6.45, 7) is 2.06. The minimum Gasteiger partial charge on any atom is -0.367 e. The lowest BCUT2D eigenvalue weighted by atomic mass is 9.92. The summed E-state index contributed by atoms with van der Waals surface area (Å²) in [5.74, 6) is 0.613. The van der Waals surface area contributed by atoms with Gasteiger partial charge in [0.2, 0.25) is 0 Å². The fraction of sp³-hybridized carbons (Fsp3) is 0.600. The van der Waals surface area contributed by atoms with Crippen LogP contribution < -0.4 is 5.32 Å². The molecule has 2 unspecified atom stereocenters. The zero-order chi connectivity index (χ0) is 12.1. The molecule has 0 aromatic heterocycles. The molecule has 0 aliphatic heterocycles. The van der Waals surface area contributed by atoms with E-state index in [1.165, 1.54) is 18.4 Å². The highest BCUT2D eigenvalue weighted by Gasteiger charge is 2.24. The first kappa shape index (κ1) is 12.6. The molecule has 2 heteroatoms. The van der Waals surface area contributed by atoms with E-state index in [4.69, 9.17) is 4.74 Å². The summed E-state index contributed by atoms with van der Waals surface area (Å²) in [7, 11) is 1.75. The number of allylic oxidation sites excluding steroid dienone is 4. The fourth-order valence-corrected chi connectivity index (χ4v) is 2.57. The monoisotopic (exact) mass is 233 g/mol. The Balaban J connectivity index is 1.88. The maximum absolute atomic E-state index is 5.28. The summed E-state index contributed by atoms with van der Waals surface area (Å²) >= 11 is 0. The van der Waals surface area contributed by atoms with Crippen molar-refractivity contribution >= 4 is 0 Å². The van der Waals surface area contributed by atoms with Crippen molar-refractivity contribution in [3.8, 4) is 0 Å². The Morgan fingerprint density at radius 1 is 1.41 bits per heavy atom. The van der Waals surface area contributed by atoms with Gasteiger partial charge >= 0.3 is 0 Å². The zero-order valence-electron chi connectivity index (χ0n) is 10.9. The van der Waals surface area contributed by atoms with Crippen LogP contribution in [-0.2, 0) is 4.74 Å². The highest BCUT2D eigenvalue weighted by molar-refractivity contribution is 5.24. The van der Waals surface area contributed by atoms with E-state index in [0.29, 0.717) is 12.0 Å². The Morgan fingerprint density at radius 3 is 3.00 bits per heavy atom. The van der Waals surface area contributed by atoms with Gasteiger partial charge in [-0.3, -0.25) is 5.32 Å². The Morgan fingerprint density at radius 2 is 2.29 bits per heavy atom. The summed E-state index contributed by atoms with van der Waals surface area (Å²) in [6, 6.07) is 0.529. The summed E-state index contributed by atoms with van der Waals surface area (Å²) in [6.07, 6.45) is 16.4. The lowest BCUT2D eigenvalue weighted by Gasteiger charge is -2.25. The van der Waals surface area contributed by atoms with Crippen LogP contribution in [-0.4, -0.2) is 19.4 Å².